The van der Waals surface area contributed by atoms with Crippen LogP contribution in [0.5, 0.6) is 0 Å². The highest BCUT2D eigenvalue weighted by Gasteiger charge is 2.52. The number of nitrogens with one attached hydrogen (secondary N) is 4. The van der Waals surface area contributed by atoms with Crippen molar-refractivity contribution in [2.45, 2.75) is 154 Å². The topological polar surface area (TPSA) is 184 Å². The zero-order chi connectivity index (χ0) is 49.3. The van der Waals surface area contributed by atoms with Gasteiger partial charge in [0, 0.05) is 36.9 Å². The largest absolute Gasteiger partial charge is 0.453 e. The van der Waals surface area contributed by atoms with Gasteiger partial charge >= 0.3 is 12.2 Å². The Hall–Kier alpha value is -5.70. The Kier molecular flexibility index (Phi) is 12.6. The summed E-state index contributed by atoms with van der Waals surface area (Å²) >= 11 is 0. The molecule has 2 bridgehead atoms. The molecule has 3 aliphatic heterocycles. The lowest BCUT2D eigenvalue weighted by atomic mass is 9.77. The first-order chi connectivity index (χ1) is 34.3. The maximum absolute atomic E-state index is 14.4. The average molecular weight is 969 g/mol. The third kappa shape index (κ3) is 8.41. The molecule has 2 saturated carbocycles. The molecule has 3 saturated heterocycles. The molecule has 2 aromatic heterocycles. The van der Waals surface area contributed by atoms with E-state index in [1.807, 2.05) is 49.9 Å². The summed E-state index contributed by atoms with van der Waals surface area (Å²) in [5.74, 6) is 1.50. The Labute approximate surface area is 417 Å². The van der Waals surface area contributed by atoms with Crippen LogP contribution in [-0.2, 0) is 49.5 Å². The predicted octanol–water partition coefficient (Wildman–Crippen LogP) is 9.16. The smallest absolute Gasteiger partial charge is 0.407 e. The first kappa shape index (κ1) is 47.6. The van der Waals surface area contributed by atoms with Crippen LogP contribution in [0.4, 0.5) is 9.59 Å². The van der Waals surface area contributed by atoms with Gasteiger partial charge in [0.2, 0.25) is 11.8 Å². The minimum atomic E-state index is -0.693. The molecule has 4 amide bonds. The standard InChI is InChI=1S/C56H72N8O7/c1-31(2)46(61-53(67)69-5)51(65)63-21-9-10-45(63)49-57-29-43(59-49)37-15-13-35(39-25-55(27-41(37)39)17-7-8-18-55)36-14-16-38(42-28-56(26-40(36)42)19-22-71-23-20-56)44-30-58-50(60-44)48-33-11-12-34(24-33)64(48)52(66)47(32(3)4)62-54(68)70-6/h13-16,29-34,45-48H,7-12,17-28H2,1-6H3,(H,57,59)(H,58,60)(H,61,67)(H,62,68)/t33?,34?,45-,46-,47?,48-/m0/s1. The normalized spacial score (nSPS) is 24.5. The summed E-state index contributed by atoms with van der Waals surface area (Å²) in [6.45, 7) is 9.95. The lowest BCUT2D eigenvalue weighted by Crippen LogP contribution is -2.54. The molecule has 71 heavy (non-hydrogen) atoms. The maximum Gasteiger partial charge on any atom is 0.407 e. The number of benzene rings is 2. The molecule has 4 aromatic rings. The number of rotatable bonds is 11. The van der Waals surface area contributed by atoms with Gasteiger partial charge in [0.15, 0.2) is 0 Å². The van der Waals surface area contributed by atoms with E-state index in [4.69, 9.17) is 24.2 Å². The number of ether oxygens (including phenoxy) is 3. The van der Waals surface area contributed by atoms with Crippen LogP contribution in [0, 0.1) is 28.6 Å². The highest BCUT2D eigenvalue weighted by atomic mass is 16.5. The molecule has 15 heteroatoms. The number of aromatic amines is 2. The van der Waals surface area contributed by atoms with Crippen molar-refractivity contribution < 1.29 is 33.4 Å². The third-order valence-corrected chi connectivity index (χ3v) is 18.1. The zero-order valence-corrected chi connectivity index (χ0v) is 42.5. The maximum atomic E-state index is 14.4. The number of imidazole rings is 2. The summed E-state index contributed by atoms with van der Waals surface area (Å²) in [6, 6.07) is 7.72. The van der Waals surface area contributed by atoms with Gasteiger partial charge < -0.3 is 44.6 Å². The second-order valence-electron chi connectivity index (χ2n) is 22.9. The molecule has 6 atom stereocenters. The van der Waals surface area contributed by atoms with E-state index in [1.54, 1.807) is 0 Å². The monoisotopic (exact) mass is 969 g/mol. The van der Waals surface area contributed by atoms with Crippen LogP contribution in [0.3, 0.4) is 0 Å². The summed E-state index contributed by atoms with van der Waals surface area (Å²) in [5, 5.41) is 5.60. The first-order valence-electron chi connectivity index (χ1n) is 26.6. The summed E-state index contributed by atoms with van der Waals surface area (Å²) in [6.07, 6.45) is 18.5. The zero-order valence-electron chi connectivity index (χ0n) is 42.5. The lowest BCUT2D eigenvalue weighted by molar-refractivity contribution is -0.139. The Morgan fingerprint density at radius 3 is 1.73 bits per heavy atom. The second kappa shape index (κ2) is 18.7. The van der Waals surface area contributed by atoms with Crippen molar-refractivity contribution in [3.63, 3.8) is 0 Å². The fraction of sp³-hybridized carbons (Fsp3) is 0.607. The first-order valence-corrected chi connectivity index (χ1v) is 26.6. The molecular weight excluding hydrogens is 897 g/mol. The number of piperidine rings is 1. The highest BCUT2D eigenvalue weighted by molar-refractivity contribution is 5.88. The number of nitrogens with zero attached hydrogens (tertiary/aromatic N) is 4. The van der Waals surface area contributed by atoms with Crippen molar-refractivity contribution in [1.29, 1.82) is 0 Å². The van der Waals surface area contributed by atoms with Crippen molar-refractivity contribution >= 4 is 24.0 Å². The fourth-order valence-corrected chi connectivity index (χ4v) is 14.4. The molecule has 0 radical (unpaired) electrons. The molecule has 2 aromatic carbocycles. The van der Waals surface area contributed by atoms with Crippen LogP contribution in [-0.4, -0.2) is 106 Å². The van der Waals surface area contributed by atoms with Gasteiger partial charge in [-0.15, -0.1) is 0 Å². The van der Waals surface area contributed by atoms with Gasteiger partial charge in [-0.2, -0.15) is 0 Å². The Bertz CT molecular complexity index is 2710. The van der Waals surface area contributed by atoms with Crippen LogP contribution in [0.2, 0.25) is 0 Å². The van der Waals surface area contributed by atoms with Gasteiger partial charge in [0.25, 0.3) is 0 Å². The number of aromatic nitrogens is 4. The van der Waals surface area contributed by atoms with E-state index in [1.165, 1.54) is 84.4 Å². The van der Waals surface area contributed by atoms with E-state index in [2.05, 4.69) is 44.9 Å². The summed E-state index contributed by atoms with van der Waals surface area (Å²) in [5.41, 5.74) is 13.1. The van der Waals surface area contributed by atoms with Crippen molar-refractivity contribution in [2.24, 2.45) is 28.6 Å². The van der Waals surface area contributed by atoms with Gasteiger partial charge in [-0.25, -0.2) is 19.6 Å². The van der Waals surface area contributed by atoms with E-state index in [0.29, 0.717) is 12.5 Å². The highest BCUT2D eigenvalue weighted by Crippen LogP contribution is 2.56. The van der Waals surface area contributed by atoms with Crippen molar-refractivity contribution in [3.05, 3.63) is 70.6 Å². The Morgan fingerprint density at radius 1 is 0.662 bits per heavy atom. The van der Waals surface area contributed by atoms with Gasteiger partial charge in [0.05, 0.1) is 50.1 Å². The molecule has 4 aliphatic carbocycles. The Morgan fingerprint density at radius 2 is 1.17 bits per heavy atom. The molecule has 5 fully saturated rings. The van der Waals surface area contributed by atoms with E-state index in [9.17, 15) is 19.2 Å². The quantitative estimate of drug-likeness (QED) is 0.114. The number of amides is 4. The number of carbonyl (C=O) groups is 4. The van der Waals surface area contributed by atoms with Crippen molar-refractivity contribution in [3.8, 4) is 33.6 Å². The fourth-order valence-electron chi connectivity index (χ4n) is 14.4. The van der Waals surface area contributed by atoms with Crippen molar-refractivity contribution in [2.75, 3.05) is 34.0 Å². The average Bonchev–Trinajstić information content (AvgIpc) is 4.22. The number of fused-ring (bicyclic) bond motifs is 4. The number of alkyl carbamates (subject to hydrolysis) is 2. The number of H-pyrrole nitrogens is 2. The van der Waals surface area contributed by atoms with E-state index >= 15 is 0 Å². The Balaban J connectivity index is 0.939. The van der Waals surface area contributed by atoms with Crippen LogP contribution >= 0.6 is 0 Å². The number of likely N-dealkylation sites (tertiary alicyclic amines) is 2. The van der Waals surface area contributed by atoms with Gasteiger partial charge in [0.1, 0.15) is 23.7 Å². The second-order valence-corrected chi connectivity index (χ2v) is 22.9. The summed E-state index contributed by atoms with van der Waals surface area (Å²) in [4.78, 5) is 74.5. The van der Waals surface area contributed by atoms with Crippen LogP contribution in [0.1, 0.15) is 144 Å². The predicted molar refractivity (Wildman–Crippen MR) is 268 cm³/mol. The van der Waals surface area contributed by atoms with E-state index in [0.717, 1.165) is 107 Å². The molecule has 7 aliphatic rings. The summed E-state index contributed by atoms with van der Waals surface area (Å²) in [7, 11) is 2.65. The van der Waals surface area contributed by atoms with Gasteiger partial charge in [-0.05, 0) is 145 Å². The molecule has 378 valence electrons. The van der Waals surface area contributed by atoms with E-state index < -0.39 is 24.3 Å². The lowest BCUT2D eigenvalue weighted by Gasteiger charge is -2.37. The molecular formula is C56H72N8O7. The molecule has 15 nitrogen and oxygen atoms in total. The molecule has 3 unspecified atom stereocenters. The molecule has 4 N–H and O–H groups in total. The molecule has 11 rings (SSSR count). The van der Waals surface area contributed by atoms with Crippen LogP contribution in [0.15, 0.2) is 36.7 Å². The number of hydrogen-bond acceptors (Lipinski definition) is 9. The van der Waals surface area contributed by atoms with Crippen molar-refractivity contribution in [1.82, 2.24) is 40.4 Å². The minimum Gasteiger partial charge on any atom is -0.453 e. The minimum absolute atomic E-state index is 0.0725. The SMILES string of the molecule is COC(=O)NC(C(=O)N1C2CCC(C2)[C@H]1c1ncc(-c2ccc(-c3ccc(-c4cnc([C@@H]5CCCN5C(=O)[C@@H](NC(=O)OC)C(C)C)[nH]4)c4c3CC3(CCCC3)C4)c3c2CC2(CCOCC2)C3)[nH]1)C(C)C. The number of methoxy groups -OCH3 is 2. The number of hydrogen-bond donors (Lipinski definition) is 4. The molecule has 2 spiro atoms. The summed E-state index contributed by atoms with van der Waals surface area (Å²) < 4.78 is 15.8. The van der Waals surface area contributed by atoms with Gasteiger partial charge in [-0.3, -0.25) is 9.59 Å². The van der Waals surface area contributed by atoms with Crippen LogP contribution in [0.25, 0.3) is 33.6 Å². The van der Waals surface area contributed by atoms with Crippen LogP contribution < -0.4 is 10.6 Å². The van der Waals surface area contributed by atoms with Gasteiger partial charge in [-0.1, -0.05) is 64.8 Å². The van der Waals surface area contributed by atoms with E-state index in [-0.39, 0.29) is 52.6 Å². The third-order valence-electron chi connectivity index (χ3n) is 18.1. The molecule has 5 heterocycles. The number of carbonyl (C=O) groups excluding carboxylic acids is 4.